The van der Waals surface area contributed by atoms with Crippen molar-refractivity contribution in [2.75, 3.05) is 5.32 Å². The molecule has 20 heavy (non-hydrogen) atoms. The van der Waals surface area contributed by atoms with Crippen LogP contribution < -0.4 is 5.32 Å². The second-order valence-electron chi connectivity index (χ2n) is 4.82. The minimum atomic E-state index is -0.602. The summed E-state index contributed by atoms with van der Waals surface area (Å²) in [5, 5.41) is 13.7. The average molecular weight is 292 g/mol. The molecule has 0 bridgehead atoms. The second kappa shape index (κ2) is 5.20. The van der Waals surface area contributed by atoms with Crippen LogP contribution in [0.3, 0.4) is 0 Å². The van der Waals surface area contributed by atoms with Crippen molar-refractivity contribution >= 4 is 22.7 Å². The van der Waals surface area contributed by atoms with E-state index in [9.17, 15) is 14.5 Å². The highest BCUT2D eigenvalue weighted by Gasteiger charge is 2.15. The minimum Gasteiger partial charge on any atom is -0.380 e. The Kier molecular flexibility index (Phi) is 3.40. The number of halogens is 1. The Bertz CT molecular complexity index is 648. The van der Waals surface area contributed by atoms with Gasteiger partial charge in [-0.1, -0.05) is 0 Å². The maximum atomic E-state index is 13.3. The van der Waals surface area contributed by atoms with Gasteiger partial charge in [0.15, 0.2) is 0 Å². The molecule has 1 aromatic heterocycles. The lowest BCUT2D eigenvalue weighted by Gasteiger charge is -2.05. The zero-order valence-electron chi connectivity index (χ0n) is 10.7. The number of non-ortho nitro benzene ring substituents is 1. The number of hydrogen-bond donors (Lipinski definition) is 1. The molecular weight excluding hydrogens is 279 g/mol. The zero-order valence-corrected chi connectivity index (χ0v) is 11.5. The fraction of sp³-hybridized carbons (Fsp3) is 0.286. The summed E-state index contributed by atoms with van der Waals surface area (Å²) in [7, 11) is 0. The van der Waals surface area contributed by atoms with E-state index < -0.39 is 10.7 Å². The van der Waals surface area contributed by atoms with Crippen molar-refractivity contribution in [1.29, 1.82) is 0 Å². The van der Waals surface area contributed by atoms with Gasteiger partial charge in [0.25, 0.3) is 5.69 Å². The van der Waals surface area contributed by atoms with Gasteiger partial charge in [-0.3, -0.25) is 10.1 Å². The molecule has 0 unspecified atom stereocenters. The summed E-state index contributed by atoms with van der Waals surface area (Å²) in [4.78, 5) is 12.7. The normalized spacial score (nSPS) is 13.2. The summed E-state index contributed by atoms with van der Waals surface area (Å²) in [6.07, 6.45) is 3.51. The first kappa shape index (κ1) is 13.1. The number of benzene rings is 1. The molecule has 104 valence electrons. The molecule has 1 aromatic carbocycles. The first-order valence-electron chi connectivity index (χ1n) is 6.41. The van der Waals surface area contributed by atoms with Gasteiger partial charge in [-0.25, -0.2) is 4.39 Å². The number of thiophene rings is 1. The van der Waals surface area contributed by atoms with E-state index in [0.717, 1.165) is 18.9 Å². The molecule has 0 amide bonds. The fourth-order valence-corrected chi connectivity index (χ4v) is 3.65. The molecule has 1 aliphatic carbocycles. The number of nitro groups is 1. The Morgan fingerprint density at radius 3 is 2.90 bits per heavy atom. The van der Waals surface area contributed by atoms with E-state index in [0.29, 0.717) is 12.2 Å². The largest absolute Gasteiger partial charge is 0.380 e. The standard InChI is InChI=1S/C14H13FN2O2S/c15-10-5-11(7-12(6-10)17(18)19)16-8-13-4-9-2-1-3-14(9)20-13/h4-7,16H,1-3,8H2. The van der Waals surface area contributed by atoms with Crippen molar-refractivity contribution in [3.05, 3.63) is 55.5 Å². The Hall–Kier alpha value is -1.95. The van der Waals surface area contributed by atoms with Gasteiger partial charge in [-0.2, -0.15) is 0 Å². The van der Waals surface area contributed by atoms with Crippen molar-refractivity contribution in [3.8, 4) is 0 Å². The molecule has 0 spiro atoms. The molecule has 0 radical (unpaired) electrons. The Labute approximate surface area is 119 Å². The van der Waals surface area contributed by atoms with Crippen molar-refractivity contribution in [3.63, 3.8) is 0 Å². The molecule has 6 heteroatoms. The smallest absolute Gasteiger partial charge is 0.274 e. The van der Waals surface area contributed by atoms with E-state index in [1.165, 1.54) is 33.9 Å². The summed E-state index contributed by atoms with van der Waals surface area (Å²) in [6, 6.07) is 5.72. The van der Waals surface area contributed by atoms with Crippen LogP contribution in [0.2, 0.25) is 0 Å². The van der Waals surface area contributed by atoms with Crippen LogP contribution in [0.15, 0.2) is 24.3 Å². The number of hydrogen-bond acceptors (Lipinski definition) is 4. The van der Waals surface area contributed by atoms with Crippen LogP contribution in [0.5, 0.6) is 0 Å². The van der Waals surface area contributed by atoms with Crippen molar-refractivity contribution in [1.82, 2.24) is 0 Å². The second-order valence-corrected chi connectivity index (χ2v) is 6.04. The van der Waals surface area contributed by atoms with Gasteiger partial charge in [-0.05, 0) is 37.0 Å². The van der Waals surface area contributed by atoms with E-state index in [1.54, 1.807) is 11.3 Å². The van der Waals surface area contributed by atoms with Crippen LogP contribution in [0, 0.1) is 15.9 Å². The monoisotopic (exact) mass is 292 g/mol. The molecule has 0 saturated carbocycles. The van der Waals surface area contributed by atoms with Crippen LogP contribution in [0.4, 0.5) is 15.8 Å². The van der Waals surface area contributed by atoms with Crippen LogP contribution in [0.25, 0.3) is 0 Å². The van der Waals surface area contributed by atoms with Crippen molar-refractivity contribution in [2.45, 2.75) is 25.8 Å². The number of anilines is 1. The van der Waals surface area contributed by atoms with Gasteiger partial charge < -0.3 is 5.32 Å². The highest BCUT2D eigenvalue weighted by molar-refractivity contribution is 7.12. The lowest BCUT2D eigenvalue weighted by atomic mass is 10.2. The zero-order chi connectivity index (χ0) is 14.1. The summed E-state index contributed by atoms with van der Waals surface area (Å²) in [5.41, 5.74) is 1.61. The number of nitro benzene ring substituents is 1. The molecule has 2 aromatic rings. The van der Waals surface area contributed by atoms with Crippen LogP contribution in [-0.2, 0) is 19.4 Å². The lowest BCUT2D eigenvalue weighted by molar-refractivity contribution is -0.385. The summed E-state index contributed by atoms with van der Waals surface area (Å²) in [6.45, 7) is 0.568. The first-order valence-corrected chi connectivity index (χ1v) is 7.23. The van der Waals surface area contributed by atoms with E-state index in [1.807, 2.05) is 0 Å². The maximum Gasteiger partial charge on any atom is 0.274 e. The minimum absolute atomic E-state index is 0.235. The average Bonchev–Trinajstić information content (AvgIpc) is 2.96. The first-order chi connectivity index (χ1) is 9.61. The molecule has 4 nitrogen and oxygen atoms in total. The SMILES string of the molecule is O=[N+]([O-])c1cc(F)cc(NCc2cc3c(s2)CCC3)c1. The summed E-state index contributed by atoms with van der Waals surface area (Å²) >= 11 is 1.77. The molecule has 3 rings (SSSR count). The third-order valence-corrected chi connectivity index (χ3v) is 4.59. The number of aryl methyl sites for hydroxylation is 2. The lowest BCUT2D eigenvalue weighted by Crippen LogP contribution is -1.99. The fourth-order valence-electron chi connectivity index (χ4n) is 2.45. The molecule has 0 aliphatic heterocycles. The molecule has 0 fully saturated rings. The maximum absolute atomic E-state index is 13.3. The third kappa shape index (κ3) is 2.65. The number of nitrogens with one attached hydrogen (secondary N) is 1. The molecule has 1 aliphatic rings. The number of rotatable bonds is 4. The molecule has 1 N–H and O–H groups in total. The number of fused-ring (bicyclic) bond motifs is 1. The van der Waals surface area contributed by atoms with Gasteiger partial charge in [0.1, 0.15) is 5.82 Å². The van der Waals surface area contributed by atoms with Gasteiger partial charge >= 0.3 is 0 Å². The molecule has 0 saturated heterocycles. The van der Waals surface area contributed by atoms with Crippen LogP contribution in [0.1, 0.15) is 21.7 Å². The molecule has 1 heterocycles. The molecular formula is C14H13FN2O2S. The summed E-state index contributed by atoms with van der Waals surface area (Å²) < 4.78 is 13.3. The van der Waals surface area contributed by atoms with Crippen LogP contribution in [-0.4, -0.2) is 4.92 Å². The van der Waals surface area contributed by atoms with Crippen molar-refractivity contribution < 1.29 is 9.31 Å². The van der Waals surface area contributed by atoms with Gasteiger partial charge in [0.2, 0.25) is 0 Å². The van der Waals surface area contributed by atoms with E-state index >= 15 is 0 Å². The highest BCUT2D eigenvalue weighted by atomic mass is 32.1. The highest BCUT2D eigenvalue weighted by Crippen LogP contribution is 2.31. The summed E-state index contributed by atoms with van der Waals surface area (Å²) in [5.74, 6) is -0.602. The predicted molar refractivity (Wildman–Crippen MR) is 76.7 cm³/mol. The van der Waals surface area contributed by atoms with Crippen LogP contribution >= 0.6 is 11.3 Å². The Morgan fingerprint density at radius 2 is 2.15 bits per heavy atom. The number of nitrogens with zero attached hydrogens (tertiary/aromatic N) is 1. The van der Waals surface area contributed by atoms with Gasteiger partial charge in [0.05, 0.1) is 11.0 Å². The van der Waals surface area contributed by atoms with E-state index in [4.69, 9.17) is 0 Å². The quantitative estimate of drug-likeness (QED) is 0.687. The van der Waals surface area contributed by atoms with E-state index in [2.05, 4.69) is 11.4 Å². The predicted octanol–water partition coefficient (Wildman–Crippen LogP) is 3.90. The van der Waals surface area contributed by atoms with Crippen molar-refractivity contribution in [2.24, 2.45) is 0 Å². The Morgan fingerprint density at radius 1 is 1.30 bits per heavy atom. The topological polar surface area (TPSA) is 55.2 Å². The third-order valence-electron chi connectivity index (χ3n) is 3.36. The van der Waals surface area contributed by atoms with E-state index in [-0.39, 0.29) is 5.69 Å². The molecule has 0 atom stereocenters. The van der Waals surface area contributed by atoms with Gasteiger partial charge in [0, 0.05) is 28.1 Å². The Balaban J connectivity index is 1.72. The van der Waals surface area contributed by atoms with Gasteiger partial charge in [-0.15, -0.1) is 11.3 Å².